The van der Waals surface area contributed by atoms with Gasteiger partial charge in [-0.1, -0.05) is 35.9 Å². The molecule has 1 aromatic heterocycles. The summed E-state index contributed by atoms with van der Waals surface area (Å²) in [6.07, 6.45) is 0. The molecule has 2 aromatic carbocycles. The van der Waals surface area contributed by atoms with Gasteiger partial charge in [-0.3, -0.25) is 5.10 Å². The van der Waals surface area contributed by atoms with Gasteiger partial charge in [-0.05, 0) is 37.3 Å². The summed E-state index contributed by atoms with van der Waals surface area (Å²) in [6, 6.07) is 11.9. The molecule has 3 aromatic rings. The molecule has 0 fully saturated rings. The Kier molecular flexibility index (Phi) is 5.35. The number of aryl methyl sites for hydroxylation is 1. The third-order valence-electron chi connectivity index (χ3n) is 3.64. The number of rotatable bonds is 6. The summed E-state index contributed by atoms with van der Waals surface area (Å²) in [5.41, 5.74) is 4.87. The maximum atomic E-state index is 13.1. The van der Waals surface area contributed by atoms with Crippen LogP contribution >= 0.6 is 23.8 Å². The van der Waals surface area contributed by atoms with E-state index in [1.165, 1.54) is 12.1 Å². The van der Waals surface area contributed by atoms with Crippen LogP contribution in [0.5, 0.6) is 5.75 Å². The first-order valence-corrected chi connectivity index (χ1v) is 8.36. The lowest BCUT2D eigenvalue weighted by Crippen LogP contribution is -2.16. The van der Waals surface area contributed by atoms with E-state index < -0.39 is 0 Å². The highest BCUT2D eigenvalue weighted by atomic mass is 35.5. The number of aromatic nitrogens is 3. The highest BCUT2D eigenvalue weighted by Crippen LogP contribution is 2.23. The number of benzene rings is 2. The fourth-order valence-electron chi connectivity index (χ4n) is 2.31. The summed E-state index contributed by atoms with van der Waals surface area (Å²) in [6.45, 7) is 2.60. The van der Waals surface area contributed by atoms with Gasteiger partial charge in [-0.15, -0.1) is 0 Å². The van der Waals surface area contributed by atoms with E-state index in [2.05, 4.69) is 15.6 Å². The lowest BCUT2D eigenvalue weighted by molar-refractivity contribution is 0.303. The molecule has 1 heterocycles. The van der Waals surface area contributed by atoms with E-state index in [0.717, 1.165) is 17.0 Å². The third-order valence-corrected chi connectivity index (χ3v) is 4.26. The molecule has 2 N–H and O–H groups in total. The molecule has 25 heavy (non-hydrogen) atoms. The van der Waals surface area contributed by atoms with Crippen molar-refractivity contribution in [3.63, 3.8) is 0 Å². The SMILES string of the molecule is Cc1n[nH]c(=S)n1NCc1ccccc1OCc1ccc(F)cc1Cl. The van der Waals surface area contributed by atoms with E-state index in [1.54, 1.807) is 10.7 Å². The molecule has 0 radical (unpaired) electrons. The molecule has 0 amide bonds. The molecule has 130 valence electrons. The van der Waals surface area contributed by atoms with Crippen LogP contribution in [0.3, 0.4) is 0 Å². The zero-order chi connectivity index (χ0) is 17.8. The first kappa shape index (κ1) is 17.4. The van der Waals surface area contributed by atoms with Crippen LogP contribution in [0.4, 0.5) is 4.39 Å². The molecule has 0 saturated heterocycles. The van der Waals surface area contributed by atoms with E-state index in [1.807, 2.05) is 31.2 Å². The van der Waals surface area contributed by atoms with Crippen molar-refractivity contribution >= 4 is 23.8 Å². The van der Waals surface area contributed by atoms with Crippen molar-refractivity contribution < 1.29 is 9.13 Å². The Morgan fingerprint density at radius 2 is 2.08 bits per heavy atom. The molecule has 0 spiro atoms. The summed E-state index contributed by atoms with van der Waals surface area (Å²) in [5, 5.41) is 7.12. The number of para-hydroxylation sites is 1. The molecular weight excluding hydrogens is 363 g/mol. The number of nitrogens with zero attached hydrogens (tertiary/aromatic N) is 2. The molecule has 8 heteroatoms. The second-order valence-corrected chi connectivity index (χ2v) is 6.17. The van der Waals surface area contributed by atoms with E-state index >= 15 is 0 Å². The molecule has 0 atom stereocenters. The number of aromatic amines is 1. The molecule has 0 unspecified atom stereocenters. The van der Waals surface area contributed by atoms with Crippen LogP contribution in [0, 0.1) is 17.5 Å². The summed E-state index contributed by atoms with van der Waals surface area (Å²) in [7, 11) is 0. The van der Waals surface area contributed by atoms with Gasteiger partial charge >= 0.3 is 0 Å². The van der Waals surface area contributed by atoms with Gasteiger partial charge in [0.05, 0.1) is 11.6 Å². The lowest BCUT2D eigenvalue weighted by atomic mass is 10.2. The second-order valence-electron chi connectivity index (χ2n) is 5.38. The van der Waals surface area contributed by atoms with E-state index in [-0.39, 0.29) is 12.4 Å². The molecule has 0 bridgehead atoms. The minimum atomic E-state index is -0.370. The van der Waals surface area contributed by atoms with Gasteiger partial charge in [0.2, 0.25) is 4.77 Å². The van der Waals surface area contributed by atoms with Gasteiger partial charge in [0.1, 0.15) is 24.0 Å². The fraction of sp³-hybridized carbons (Fsp3) is 0.176. The molecule has 0 aliphatic carbocycles. The first-order valence-electron chi connectivity index (χ1n) is 7.57. The van der Waals surface area contributed by atoms with Crippen molar-refractivity contribution in [2.24, 2.45) is 0 Å². The van der Waals surface area contributed by atoms with Gasteiger partial charge in [-0.2, -0.15) is 5.10 Å². The van der Waals surface area contributed by atoms with Crippen molar-refractivity contribution in [1.29, 1.82) is 0 Å². The van der Waals surface area contributed by atoms with E-state index in [4.69, 9.17) is 28.6 Å². The normalized spacial score (nSPS) is 10.7. The fourth-order valence-corrected chi connectivity index (χ4v) is 2.78. The van der Waals surface area contributed by atoms with Crippen molar-refractivity contribution in [2.75, 3.05) is 5.43 Å². The second kappa shape index (κ2) is 7.67. The zero-order valence-corrected chi connectivity index (χ0v) is 15.0. The summed E-state index contributed by atoms with van der Waals surface area (Å²) in [5.74, 6) is 1.08. The molecule has 0 aliphatic rings. The number of ether oxygens (including phenoxy) is 1. The highest BCUT2D eigenvalue weighted by Gasteiger charge is 2.07. The number of nitrogens with one attached hydrogen (secondary N) is 2. The smallest absolute Gasteiger partial charge is 0.214 e. The van der Waals surface area contributed by atoms with Crippen molar-refractivity contribution in [3.05, 3.63) is 75.0 Å². The van der Waals surface area contributed by atoms with Crippen LogP contribution < -0.4 is 10.2 Å². The number of hydrogen-bond acceptors (Lipinski definition) is 4. The average molecular weight is 379 g/mol. The highest BCUT2D eigenvalue weighted by molar-refractivity contribution is 7.71. The minimum Gasteiger partial charge on any atom is -0.488 e. The maximum absolute atomic E-state index is 13.1. The van der Waals surface area contributed by atoms with Crippen molar-refractivity contribution in [2.45, 2.75) is 20.1 Å². The van der Waals surface area contributed by atoms with E-state index in [0.29, 0.717) is 22.1 Å². The van der Waals surface area contributed by atoms with Crippen LogP contribution in [0.15, 0.2) is 42.5 Å². The monoisotopic (exact) mass is 378 g/mol. The molecule has 0 aliphatic heterocycles. The predicted octanol–water partition coefficient (Wildman–Crippen LogP) is 4.36. The van der Waals surface area contributed by atoms with Gasteiger partial charge < -0.3 is 10.2 Å². The van der Waals surface area contributed by atoms with Crippen LogP contribution in [0.2, 0.25) is 5.02 Å². The van der Waals surface area contributed by atoms with Gasteiger partial charge in [0, 0.05) is 11.1 Å². The van der Waals surface area contributed by atoms with Crippen LogP contribution in [-0.2, 0) is 13.2 Å². The van der Waals surface area contributed by atoms with Crippen LogP contribution in [0.1, 0.15) is 17.0 Å². The molecular formula is C17H16ClFN4OS. The summed E-state index contributed by atoms with van der Waals surface area (Å²) in [4.78, 5) is 0. The van der Waals surface area contributed by atoms with Gasteiger partial charge in [0.25, 0.3) is 0 Å². The molecule has 5 nitrogen and oxygen atoms in total. The van der Waals surface area contributed by atoms with Crippen LogP contribution in [0.25, 0.3) is 0 Å². The average Bonchev–Trinajstić information content (AvgIpc) is 2.91. The predicted molar refractivity (Wildman–Crippen MR) is 97.4 cm³/mol. The maximum Gasteiger partial charge on any atom is 0.214 e. The Balaban J connectivity index is 1.71. The third kappa shape index (κ3) is 4.18. The van der Waals surface area contributed by atoms with Crippen molar-refractivity contribution in [1.82, 2.24) is 14.9 Å². The Labute approximate surface area is 154 Å². The largest absolute Gasteiger partial charge is 0.488 e. The Bertz CT molecular complexity index is 940. The minimum absolute atomic E-state index is 0.250. The van der Waals surface area contributed by atoms with Crippen LogP contribution in [-0.4, -0.2) is 14.9 Å². The molecule has 3 rings (SSSR count). The molecule has 0 saturated carbocycles. The van der Waals surface area contributed by atoms with Gasteiger partial charge in [-0.25, -0.2) is 9.07 Å². The Morgan fingerprint density at radius 3 is 2.80 bits per heavy atom. The number of halogens is 2. The van der Waals surface area contributed by atoms with Crippen molar-refractivity contribution in [3.8, 4) is 5.75 Å². The van der Waals surface area contributed by atoms with Gasteiger partial charge in [0.15, 0.2) is 0 Å². The lowest BCUT2D eigenvalue weighted by Gasteiger charge is -2.14. The number of hydrogen-bond donors (Lipinski definition) is 2. The Morgan fingerprint density at radius 1 is 1.28 bits per heavy atom. The zero-order valence-electron chi connectivity index (χ0n) is 13.4. The summed E-state index contributed by atoms with van der Waals surface area (Å²) < 4.78 is 21.2. The van der Waals surface area contributed by atoms with E-state index in [9.17, 15) is 4.39 Å². The quantitative estimate of drug-likeness (QED) is 0.625. The number of H-pyrrole nitrogens is 1. The summed E-state index contributed by atoms with van der Waals surface area (Å²) >= 11 is 11.2. The Hall–Kier alpha value is -2.38. The first-order chi connectivity index (χ1) is 12.0. The topological polar surface area (TPSA) is 54.9 Å². The standard InChI is InChI=1S/C17H16ClFN4OS/c1-11-21-22-17(25)23(11)20-9-12-4-2-3-5-16(12)24-10-13-6-7-14(19)8-15(13)18/h2-8,20H,9-10H2,1H3,(H,22,25).